The van der Waals surface area contributed by atoms with Gasteiger partial charge in [0.25, 0.3) is 0 Å². The first kappa shape index (κ1) is 15.0. The molecule has 17 heavy (non-hydrogen) atoms. The van der Waals surface area contributed by atoms with E-state index in [1.807, 2.05) is 0 Å². The Kier molecular flexibility index (Phi) is 7.87. The zero-order valence-corrected chi connectivity index (χ0v) is 11.9. The van der Waals surface area contributed by atoms with Gasteiger partial charge < -0.3 is 0 Å². The summed E-state index contributed by atoms with van der Waals surface area (Å²) in [6.07, 6.45) is 13.8. The van der Waals surface area contributed by atoms with Gasteiger partial charge in [-0.3, -0.25) is 11.3 Å². The van der Waals surface area contributed by atoms with Gasteiger partial charge in [0, 0.05) is 6.04 Å². The summed E-state index contributed by atoms with van der Waals surface area (Å²) in [6, 6.07) is 0.540. The number of nitrogens with two attached hydrogens (primary N) is 1. The monoisotopic (exact) mass is 240 g/mol. The van der Waals surface area contributed by atoms with Gasteiger partial charge in [0.05, 0.1) is 0 Å². The molecule has 0 aromatic heterocycles. The maximum absolute atomic E-state index is 5.68. The van der Waals surface area contributed by atoms with E-state index in [-0.39, 0.29) is 0 Å². The summed E-state index contributed by atoms with van der Waals surface area (Å²) in [6.45, 7) is 4.62. The molecule has 0 aromatic carbocycles. The molecule has 0 spiro atoms. The van der Waals surface area contributed by atoms with E-state index in [0.717, 1.165) is 11.8 Å². The molecule has 0 aromatic rings. The smallest absolute Gasteiger partial charge is 0.0213 e. The molecule has 2 atom stereocenters. The molecular formula is C15H32N2. The molecule has 2 unspecified atom stereocenters. The number of nitrogens with one attached hydrogen (secondary N) is 1. The van der Waals surface area contributed by atoms with Crippen LogP contribution in [0.3, 0.4) is 0 Å². The van der Waals surface area contributed by atoms with E-state index in [9.17, 15) is 0 Å². The summed E-state index contributed by atoms with van der Waals surface area (Å²) in [5, 5.41) is 0. The van der Waals surface area contributed by atoms with Crippen molar-refractivity contribution < 1.29 is 0 Å². The first-order valence-corrected chi connectivity index (χ1v) is 7.72. The lowest BCUT2D eigenvalue weighted by Crippen LogP contribution is -2.36. The second-order valence-electron chi connectivity index (χ2n) is 6.07. The second kappa shape index (κ2) is 8.93. The van der Waals surface area contributed by atoms with E-state index in [1.54, 1.807) is 0 Å². The first-order chi connectivity index (χ1) is 8.26. The van der Waals surface area contributed by atoms with Gasteiger partial charge in [-0.25, -0.2) is 0 Å². The minimum atomic E-state index is 0.540. The molecule has 0 radical (unpaired) electrons. The Morgan fingerprint density at radius 3 is 2.47 bits per heavy atom. The Labute approximate surface area is 108 Å². The van der Waals surface area contributed by atoms with Gasteiger partial charge in [-0.05, 0) is 31.1 Å². The van der Waals surface area contributed by atoms with Crippen LogP contribution in [0.5, 0.6) is 0 Å². The summed E-state index contributed by atoms with van der Waals surface area (Å²) in [4.78, 5) is 0. The first-order valence-electron chi connectivity index (χ1n) is 7.72. The second-order valence-corrected chi connectivity index (χ2v) is 6.07. The fraction of sp³-hybridized carbons (Fsp3) is 1.00. The average Bonchev–Trinajstić information content (AvgIpc) is 2.36. The van der Waals surface area contributed by atoms with Crippen LogP contribution >= 0.6 is 0 Å². The largest absolute Gasteiger partial charge is 0.271 e. The summed E-state index contributed by atoms with van der Waals surface area (Å²) >= 11 is 0. The summed E-state index contributed by atoms with van der Waals surface area (Å²) in [5.41, 5.74) is 3.03. The van der Waals surface area contributed by atoms with E-state index >= 15 is 0 Å². The third-order valence-corrected chi connectivity index (χ3v) is 4.35. The molecule has 1 aliphatic rings. The van der Waals surface area contributed by atoms with Crippen LogP contribution in [0.15, 0.2) is 0 Å². The number of hydrogen-bond acceptors (Lipinski definition) is 2. The number of rotatable bonds is 8. The maximum atomic E-state index is 5.68. The SMILES string of the molecule is CCCC(C)CC(CCC1CCCCC1)NN. The molecule has 0 amide bonds. The van der Waals surface area contributed by atoms with E-state index in [4.69, 9.17) is 5.84 Å². The Balaban J connectivity index is 2.16. The van der Waals surface area contributed by atoms with E-state index in [2.05, 4.69) is 19.3 Å². The molecule has 1 fully saturated rings. The third-order valence-electron chi connectivity index (χ3n) is 4.35. The fourth-order valence-corrected chi connectivity index (χ4v) is 3.28. The highest BCUT2D eigenvalue weighted by molar-refractivity contribution is 4.72. The van der Waals surface area contributed by atoms with Crippen molar-refractivity contribution in [2.24, 2.45) is 17.7 Å². The molecule has 3 N–H and O–H groups in total. The molecule has 102 valence electrons. The van der Waals surface area contributed by atoms with Crippen LogP contribution in [0.2, 0.25) is 0 Å². The number of hydrogen-bond donors (Lipinski definition) is 2. The van der Waals surface area contributed by atoms with Crippen molar-refractivity contribution in [3.8, 4) is 0 Å². The fourth-order valence-electron chi connectivity index (χ4n) is 3.28. The molecule has 0 bridgehead atoms. The van der Waals surface area contributed by atoms with Gasteiger partial charge in [-0.2, -0.15) is 0 Å². The Morgan fingerprint density at radius 2 is 1.88 bits per heavy atom. The molecule has 2 heteroatoms. The zero-order valence-electron chi connectivity index (χ0n) is 11.9. The average molecular weight is 240 g/mol. The Hall–Kier alpha value is -0.0800. The topological polar surface area (TPSA) is 38.0 Å². The molecule has 1 rings (SSSR count). The molecule has 1 saturated carbocycles. The van der Waals surface area contributed by atoms with E-state index in [0.29, 0.717) is 6.04 Å². The van der Waals surface area contributed by atoms with Crippen LogP contribution in [0.1, 0.15) is 78.1 Å². The van der Waals surface area contributed by atoms with Gasteiger partial charge >= 0.3 is 0 Å². The normalized spacial score (nSPS) is 21.4. The predicted octanol–water partition coefficient (Wildman–Crippen LogP) is 4.01. The highest BCUT2D eigenvalue weighted by atomic mass is 15.2. The lowest BCUT2D eigenvalue weighted by molar-refractivity contribution is 0.295. The molecule has 1 aliphatic carbocycles. The minimum Gasteiger partial charge on any atom is -0.271 e. The molecule has 0 aliphatic heterocycles. The third kappa shape index (κ3) is 6.42. The minimum absolute atomic E-state index is 0.540. The van der Waals surface area contributed by atoms with Crippen molar-refractivity contribution in [1.29, 1.82) is 0 Å². The van der Waals surface area contributed by atoms with Crippen LogP contribution < -0.4 is 11.3 Å². The van der Waals surface area contributed by atoms with Gasteiger partial charge in [0.15, 0.2) is 0 Å². The van der Waals surface area contributed by atoms with E-state index < -0.39 is 0 Å². The van der Waals surface area contributed by atoms with Gasteiger partial charge in [0.1, 0.15) is 0 Å². The van der Waals surface area contributed by atoms with Gasteiger partial charge in [0.2, 0.25) is 0 Å². The summed E-state index contributed by atoms with van der Waals surface area (Å²) < 4.78 is 0. The van der Waals surface area contributed by atoms with Gasteiger partial charge in [-0.15, -0.1) is 0 Å². The molecule has 2 nitrogen and oxygen atoms in total. The maximum Gasteiger partial charge on any atom is 0.0213 e. The van der Waals surface area contributed by atoms with Gasteiger partial charge in [-0.1, -0.05) is 58.8 Å². The van der Waals surface area contributed by atoms with Crippen molar-refractivity contribution in [1.82, 2.24) is 5.43 Å². The standard InChI is InChI=1S/C15H32N2/c1-3-7-13(2)12-15(17-16)11-10-14-8-5-4-6-9-14/h13-15,17H,3-12,16H2,1-2H3. The Bertz CT molecular complexity index is 176. The quantitative estimate of drug-likeness (QED) is 0.497. The molecule has 0 heterocycles. The lowest BCUT2D eigenvalue weighted by Gasteiger charge is -2.25. The molecule has 0 saturated heterocycles. The van der Waals surface area contributed by atoms with Crippen molar-refractivity contribution in [3.05, 3.63) is 0 Å². The van der Waals surface area contributed by atoms with Crippen LogP contribution in [0, 0.1) is 11.8 Å². The van der Waals surface area contributed by atoms with Crippen molar-refractivity contribution in [2.45, 2.75) is 84.1 Å². The van der Waals surface area contributed by atoms with Crippen molar-refractivity contribution >= 4 is 0 Å². The highest BCUT2D eigenvalue weighted by Crippen LogP contribution is 2.28. The Morgan fingerprint density at radius 1 is 1.18 bits per heavy atom. The highest BCUT2D eigenvalue weighted by Gasteiger charge is 2.17. The lowest BCUT2D eigenvalue weighted by atomic mass is 9.84. The van der Waals surface area contributed by atoms with Crippen LogP contribution in [0.4, 0.5) is 0 Å². The zero-order chi connectivity index (χ0) is 12.5. The van der Waals surface area contributed by atoms with Crippen LogP contribution in [-0.4, -0.2) is 6.04 Å². The van der Waals surface area contributed by atoms with Crippen LogP contribution in [0.25, 0.3) is 0 Å². The summed E-state index contributed by atoms with van der Waals surface area (Å²) in [7, 11) is 0. The summed E-state index contributed by atoms with van der Waals surface area (Å²) in [5.74, 6) is 7.48. The van der Waals surface area contributed by atoms with E-state index in [1.165, 1.54) is 64.2 Å². The van der Waals surface area contributed by atoms with Crippen molar-refractivity contribution in [3.63, 3.8) is 0 Å². The van der Waals surface area contributed by atoms with Crippen molar-refractivity contribution in [2.75, 3.05) is 0 Å². The molecular weight excluding hydrogens is 208 g/mol. The van der Waals surface area contributed by atoms with Crippen LogP contribution in [-0.2, 0) is 0 Å². The predicted molar refractivity (Wildman–Crippen MR) is 75.6 cm³/mol. The number of hydrazine groups is 1.